The number of benzene rings is 2. The quantitative estimate of drug-likeness (QED) is 0.767. The van der Waals surface area contributed by atoms with Crippen LogP contribution in [0.25, 0.3) is 0 Å². The summed E-state index contributed by atoms with van der Waals surface area (Å²) in [6, 6.07) is 8.31. The molecule has 0 aromatic heterocycles. The van der Waals surface area contributed by atoms with Crippen molar-refractivity contribution in [1.29, 1.82) is 0 Å². The van der Waals surface area contributed by atoms with Gasteiger partial charge in [0.15, 0.2) is 0 Å². The summed E-state index contributed by atoms with van der Waals surface area (Å²) in [5.41, 5.74) is -0.500. The number of halogens is 3. The maximum absolute atomic E-state index is 12.7. The Hall–Kier alpha value is -2.24. The Morgan fingerprint density at radius 2 is 1.46 bits per heavy atom. The van der Waals surface area contributed by atoms with Crippen LogP contribution in [-0.2, 0) is 19.9 Å². The van der Waals surface area contributed by atoms with E-state index in [1.54, 1.807) is 4.72 Å². The van der Waals surface area contributed by atoms with E-state index in [9.17, 15) is 30.4 Å². The second-order valence-electron chi connectivity index (χ2n) is 4.79. The third-order valence-electron chi connectivity index (χ3n) is 3.03. The number of sulfonamides is 1. The van der Waals surface area contributed by atoms with Crippen LogP contribution in [0, 0.1) is 0 Å². The van der Waals surface area contributed by atoms with Crippen LogP contribution in [-0.4, -0.2) is 28.6 Å². The van der Waals surface area contributed by atoms with E-state index in [2.05, 4.69) is 0 Å². The van der Waals surface area contributed by atoms with E-state index in [0.29, 0.717) is 0 Å². The van der Waals surface area contributed by atoms with Crippen LogP contribution in [0.4, 0.5) is 19.3 Å². The number of carbonyl (C=O) groups excluding carboxylic acids is 1. The summed E-state index contributed by atoms with van der Waals surface area (Å²) in [7, 11) is -9.37. The molecule has 7 nitrogen and oxygen atoms in total. The first-order chi connectivity index (χ1) is 12.1. The Bertz CT molecular complexity index is 1040. The maximum atomic E-state index is 12.7. The number of rotatable bonds is 5. The van der Waals surface area contributed by atoms with Crippen molar-refractivity contribution in [2.24, 2.45) is 0 Å². The van der Waals surface area contributed by atoms with Crippen LogP contribution in [0.5, 0.6) is 0 Å². The molecule has 0 radical (unpaired) electrons. The molecular formula is C14H11ClF2N2O5S2. The standard InChI is InChI=1S/C14H11ClF2N2O5S2/c15-9-5-1-3-7-11(9)26(23,24)19-14(20)18-10-6-2-4-8-12(10)25(21,22)13(16)17/h1-8,13H,(H2,18,19,20). The number of carbonyl (C=O) groups is 1. The number of nitrogens with one attached hydrogen (secondary N) is 2. The van der Waals surface area contributed by atoms with Crippen LogP contribution in [0.15, 0.2) is 58.3 Å². The molecule has 0 spiro atoms. The monoisotopic (exact) mass is 424 g/mol. The third-order valence-corrected chi connectivity index (χ3v) is 6.30. The van der Waals surface area contributed by atoms with E-state index >= 15 is 0 Å². The molecule has 140 valence electrons. The van der Waals surface area contributed by atoms with Crippen LogP contribution in [0.1, 0.15) is 0 Å². The molecule has 2 amide bonds. The first-order valence-corrected chi connectivity index (χ1v) is 10.2. The number of sulfone groups is 1. The van der Waals surface area contributed by atoms with Crippen molar-refractivity contribution in [2.75, 3.05) is 5.32 Å². The van der Waals surface area contributed by atoms with Gasteiger partial charge in [-0.3, -0.25) is 0 Å². The highest BCUT2D eigenvalue weighted by Crippen LogP contribution is 2.26. The fraction of sp³-hybridized carbons (Fsp3) is 0.0714. The van der Waals surface area contributed by atoms with Gasteiger partial charge in [-0.1, -0.05) is 35.9 Å². The van der Waals surface area contributed by atoms with Gasteiger partial charge >= 0.3 is 11.8 Å². The lowest BCUT2D eigenvalue weighted by atomic mass is 10.3. The Labute approximate surface area is 153 Å². The van der Waals surface area contributed by atoms with Crippen LogP contribution < -0.4 is 10.0 Å². The Balaban J connectivity index is 2.29. The molecule has 2 N–H and O–H groups in total. The minimum Gasteiger partial charge on any atom is -0.306 e. The highest BCUT2D eigenvalue weighted by Gasteiger charge is 2.30. The topological polar surface area (TPSA) is 109 Å². The van der Waals surface area contributed by atoms with Gasteiger partial charge in [0, 0.05) is 0 Å². The van der Waals surface area contributed by atoms with Crippen molar-refractivity contribution in [3.63, 3.8) is 0 Å². The lowest BCUT2D eigenvalue weighted by Crippen LogP contribution is -2.35. The lowest BCUT2D eigenvalue weighted by molar-refractivity contribution is 0.234. The van der Waals surface area contributed by atoms with Crippen LogP contribution in [0.2, 0.25) is 5.02 Å². The van der Waals surface area contributed by atoms with Crippen molar-refractivity contribution >= 4 is 43.2 Å². The van der Waals surface area contributed by atoms with Gasteiger partial charge in [-0.2, -0.15) is 8.78 Å². The Kier molecular flexibility index (Phi) is 5.84. The maximum Gasteiger partial charge on any atom is 0.341 e. The summed E-state index contributed by atoms with van der Waals surface area (Å²) in [4.78, 5) is 10.7. The Morgan fingerprint density at radius 3 is 2.04 bits per heavy atom. The molecule has 2 rings (SSSR count). The van der Waals surface area contributed by atoms with E-state index in [1.165, 1.54) is 30.3 Å². The average Bonchev–Trinajstić information content (AvgIpc) is 2.54. The number of para-hydroxylation sites is 1. The van der Waals surface area contributed by atoms with Gasteiger partial charge in [-0.15, -0.1) is 0 Å². The highest BCUT2D eigenvalue weighted by molar-refractivity contribution is 7.92. The normalized spacial score (nSPS) is 12.0. The molecular weight excluding hydrogens is 414 g/mol. The number of urea groups is 1. The molecule has 0 atom stereocenters. The minimum absolute atomic E-state index is 0.145. The molecule has 0 bridgehead atoms. The van der Waals surface area contributed by atoms with Gasteiger partial charge in [-0.25, -0.2) is 26.4 Å². The summed E-state index contributed by atoms with van der Waals surface area (Å²) in [6.45, 7) is 0. The number of alkyl halides is 2. The number of hydrogen-bond acceptors (Lipinski definition) is 5. The summed E-state index contributed by atoms with van der Waals surface area (Å²) in [6.07, 6.45) is 0. The second-order valence-corrected chi connectivity index (χ2v) is 8.74. The van der Waals surface area contributed by atoms with Gasteiger partial charge < -0.3 is 5.32 Å². The number of hydrogen-bond donors (Lipinski definition) is 2. The van der Waals surface area contributed by atoms with Gasteiger partial charge in [-0.05, 0) is 24.3 Å². The molecule has 12 heteroatoms. The van der Waals surface area contributed by atoms with E-state index in [1.807, 2.05) is 5.32 Å². The van der Waals surface area contributed by atoms with E-state index < -0.39 is 42.2 Å². The van der Waals surface area contributed by atoms with E-state index in [0.717, 1.165) is 18.2 Å². The summed E-state index contributed by atoms with van der Waals surface area (Å²) in [5, 5.41) is 1.79. The molecule has 0 aliphatic carbocycles. The van der Waals surface area contributed by atoms with Crippen molar-refractivity contribution in [3.8, 4) is 0 Å². The molecule has 0 aliphatic heterocycles. The molecule has 2 aromatic rings. The van der Waals surface area contributed by atoms with Crippen molar-refractivity contribution in [1.82, 2.24) is 4.72 Å². The summed E-state index contributed by atoms with van der Waals surface area (Å²) >= 11 is 5.76. The van der Waals surface area contributed by atoms with Crippen molar-refractivity contribution < 1.29 is 30.4 Å². The zero-order valence-corrected chi connectivity index (χ0v) is 15.1. The zero-order chi connectivity index (χ0) is 19.5. The summed E-state index contributed by atoms with van der Waals surface area (Å²) in [5.74, 6) is -3.71. The molecule has 26 heavy (non-hydrogen) atoms. The van der Waals surface area contributed by atoms with E-state index in [4.69, 9.17) is 11.6 Å². The molecule has 0 fully saturated rings. The second kappa shape index (κ2) is 7.56. The smallest absolute Gasteiger partial charge is 0.306 e. The van der Waals surface area contributed by atoms with Crippen LogP contribution in [0.3, 0.4) is 0 Å². The predicted molar refractivity (Wildman–Crippen MR) is 90.4 cm³/mol. The average molecular weight is 425 g/mol. The zero-order valence-electron chi connectivity index (χ0n) is 12.7. The highest BCUT2D eigenvalue weighted by atomic mass is 35.5. The predicted octanol–water partition coefficient (Wildman–Crippen LogP) is 2.85. The van der Waals surface area contributed by atoms with Gasteiger partial charge in [0.1, 0.15) is 4.90 Å². The number of anilines is 1. The first kappa shape index (κ1) is 20.1. The van der Waals surface area contributed by atoms with Gasteiger partial charge in [0.25, 0.3) is 10.0 Å². The molecule has 0 unspecified atom stereocenters. The molecule has 0 aliphatic rings. The molecule has 0 saturated heterocycles. The molecule has 0 saturated carbocycles. The van der Waals surface area contributed by atoms with Gasteiger partial charge in [0.2, 0.25) is 9.84 Å². The van der Waals surface area contributed by atoms with Crippen LogP contribution >= 0.6 is 11.6 Å². The minimum atomic E-state index is -5.00. The van der Waals surface area contributed by atoms with Gasteiger partial charge in [0.05, 0.1) is 15.6 Å². The SMILES string of the molecule is O=C(Nc1ccccc1S(=O)(=O)C(F)F)NS(=O)(=O)c1ccccc1Cl. The third kappa shape index (κ3) is 4.29. The molecule has 0 heterocycles. The summed E-state index contributed by atoms with van der Waals surface area (Å²) < 4.78 is 74.6. The lowest BCUT2D eigenvalue weighted by Gasteiger charge is -2.12. The Morgan fingerprint density at radius 1 is 0.923 bits per heavy atom. The van der Waals surface area contributed by atoms with E-state index in [-0.39, 0.29) is 9.92 Å². The number of amides is 2. The first-order valence-electron chi connectivity index (χ1n) is 6.75. The van der Waals surface area contributed by atoms with Crippen molar-refractivity contribution in [3.05, 3.63) is 53.6 Å². The molecule has 2 aromatic carbocycles. The fourth-order valence-corrected chi connectivity index (χ4v) is 4.22. The van der Waals surface area contributed by atoms with Crippen molar-refractivity contribution in [2.45, 2.75) is 15.5 Å². The largest absolute Gasteiger partial charge is 0.341 e. The fourth-order valence-electron chi connectivity index (χ4n) is 1.90.